The molecule has 0 saturated carbocycles. The smallest absolute Gasteiger partial charge is 0.333 e. The van der Waals surface area contributed by atoms with Crippen LogP contribution in [0.25, 0.3) is 5.57 Å². The molecule has 0 saturated heterocycles. The molecule has 0 aromatic heterocycles. The van der Waals surface area contributed by atoms with Crippen LogP contribution in [0.15, 0.2) is 35.9 Å². The van der Waals surface area contributed by atoms with Gasteiger partial charge in [-0.3, -0.25) is 0 Å². The number of benzene rings is 1. The first-order valence-corrected chi connectivity index (χ1v) is 8.78. The number of phenols is 1. The fraction of sp³-hybridized carbons (Fsp3) is 0.409. The number of hydrogen-bond donors (Lipinski definition) is 1. The van der Waals surface area contributed by atoms with Gasteiger partial charge >= 0.3 is 5.97 Å². The van der Waals surface area contributed by atoms with Gasteiger partial charge in [0, 0.05) is 23.1 Å². The van der Waals surface area contributed by atoms with Crippen LogP contribution >= 0.6 is 0 Å². The summed E-state index contributed by atoms with van der Waals surface area (Å²) >= 11 is 0. The molecule has 0 heterocycles. The summed E-state index contributed by atoms with van der Waals surface area (Å²) in [6.45, 7) is 13.3. The van der Waals surface area contributed by atoms with Crippen LogP contribution in [0.1, 0.15) is 45.2 Å². The lowest BCUT2D eigenvalue weighted by Gasteiger charge is -2.22. The van der Waals surface area contributed by atoms with Crippen LogP contribution in [0, 0.1) is 6.92 Å². The summed E-state index contributed by atoms with van der Waals surface area (Å²) in [4.78, 5) is 12.3. The number of esters is 1. The van der Waals surface area contributed by atoms with E-state index in [-0.39, 0.29) is 5.75 Å². The van der Waals surface area contributed by atoms with Gasteiger partial charge in [-0.2, -0.15) is 0 Å². The average molecular weight is 374 g/mol. The van der Waals surface area contributed by atoms with Gasteiger partial charge < -0.3 is 19.3 Å². The molecule has 0 aliphatic heterocycles. The topological polar surface area (TPSA) is 65.0 Å². The van der Waals surface area contributed by atoms with Gasteiger partial charge in [0.05, 0.1) is 14.2 Å². The van der Waals surface area contributed by atoms with E-state index in [1.165, 1.54) is 7.11 Å². The molecule has 0 unspecified atom stereocenters. The van der Waals surface area contributed by atoms with Crippen molar-refractivity contribution in [1.29, 1.82) is 0 Å². The molecule has 0 fully saturated rings. The molecule has 0 aliphatic carbocycles. The van der Waals surface area contributed by atoms with E-state index in [0.717, 1.165) is 5.57 Å². The Kier molecular flexibility index (Phi) is 8.16. The molecule has 27 heavy (non-hydrogen) atoms. The minimum atomic E-state index is -0.634. The van der Waals surface area contributed by atoms with Crippen molar-refractivity contribution in [2.24, 2.45) is 0 Å². The second-order valence-electron chi connectivity index (χ2n) is 6.54. The van der Waals surface area contributed by atoms with E-state index in [2.05, 4.69) is 6.58 Å². The number of ether oxygens (including phenoxy) is 3. The lowest BCUT2D eigenvalue weighted by Crippen LogP contribution is -2.20. The van der Waals surface area contributed by atoms with E-state index in [1.54, 1.807) is 40.0 Å². The zero-order valence-electron chi connectivity index (χ0n) is 17.3. The van der Waals surface area contributed by atoms with Gasteiger partial charge in [0.25, 0.3) is 0 Å². The van der Waals surface area contributed by atoms with Crippen LogP contribution in [-0.2, 0) is 9.53 Å². The number of methoxy groups -OCH3 is 2. The van der Waals surface area contributed by atoms with Gasteiger partial charge in [0.15, 0.2) is 11.5 Å². The molecular formula is C22H30O5. The second-order valence-corrected chi connectivity index (χ2v) is 6.54. The van der Waals surface area contributed by atoms with Crippen LogP contribution in [0.3, 0.4) is 0 Å². The average Bonchev–Trinajstić information content (AvgIpc) is 2.64. The van der Waals surface area contributed by atoms with Crippen LogP contribution in [0.4, 0.5) is 0 Å². The first kappa shape index (κ1) is 22.4. The molecule has 0 spiro atoms. The van der Waals surface area contributed by atoms with Crippen molar-refractivity contribution >= 4 is 11.5 Å². The second kappa shape index (κ2) is 9.86. The molecule has 148 valence electrons. The number of carbonyl (C=O) groups is 1. The summed E-state index contributed by atoms with van der Waals surface area (Å²) in [6.07, 6.45) is 3.47. The number of carbonyl (C=O) groups excluding carboxylic acids is 1. The highest BCUT2D eigenvalue weighted by molar-refractivity contribution is 5.89. The molecule has 1 aromatic carbocycles. The lowest BCUT2D eigenvalue weighted by molar-refractivity contribution is -0.141. The Hall–Kier alpha value is -2.69. The number of phenolic OH excluding ortho intramolecular Hbond substituents is 1. The Balaban J connectivity index is 3.40. The summed E-state index contributed by atoms with van der Waals surface area (Å²) in [5.41, 5.74) is 3.17. The summed E-state index contributed by atoms with van der Waals surface area (Å²) in [6, 6.07) is 1.68. The summed E-state index contributed by atoms with van der Waals surface area (Å²) < 4.78 is 16.4. The zero-order valence-corrected chi connectivity index (χ0v) is 17.3. The van der Waals surface area contributed by atoms with Gasteiger partial charge in [-0.1, -0.05) is 24.3 Å². The molecule has 0 amide bonds. The predicted molar refractivity (Wildman–Crippen MR) is 108 cm³/mol. The fourth-order valence-corrected chi connectivity index (χ4v) is 2.54. The molecule has 0 bridgehead atoms. The molecule has 1 rings (SSSR count). The zero-order chi connectivity index (χ0) is 20.7. The van der Waals surface area contributed by atoms with Gasteiger partial charge in [0.2, 0.25) is 0 Å². The third-order valence-electron chi connectivity index (χ3n) is 4.36. The third kappa shape index (κ3) is 5.39. The van der Waals surface area contributed by atoms with E-state index >= 15 is 0 Å². The molecule has 0 aliphatic rings. The Labute approximate surface area is 161 Å². The molecular weight excluding hydrogens is 344 g/mol. The first-order chi connectivity index (χ1) is 12.7. The Bertz CT molecular complexity index is 767. The maximum atomic E-state index is 12.3. The molecule has 5 heteroatoms. The van der Waals surface area contributed by atoms with Gasteiger partial charge in [-0.25, -0.2) is 4.79 Å². The third-order valence-corrected chi connectivity index (χ3v) is 4.36. The standard InChI is InChI=1S/C22H30O5/c1-9-14(4)22(24)27-18(11-10-13(2)3)15(5)17-12-19(25-7)16(6)21(26-8)20(17)23/h9-10,12,18,23H,5,11H2,1-4,6-8H3/t18-/m0/s1. The summed E-state index contributed by atoms with van der Waals surface area (Å²) in [7, 11) is 3.02. The van der Waals surface area contributed by atoms with Gasteiger partial charge in [0.1, 0.15) is 11.9 Å². The van der Waals surface area contributed by atoms with Gasteiger partial charge in [-0.15, -0.1) is 0 Å². The molecule has 1 aromatic rings. The summed E-state index contributed by atoms with van der Waals surface area (Å²) in [5.74, 6) is 0.387. The molecule has 1 atom stereocenters. The number of rotatable bonds is 8. The number of aromatic hydroxyl groups is 1. The van der Waals surface area contributed by atoms with Crippen LogP contribution < -0.4 is 9.47 Å². The van der Waals surface area contributed by atoms with Gasteiger partial charge in [-0.05, 0) is 46.3 Å². The fourth-order valence-electron chi connectivity index (χ4n) is 2.54. The largest absolute Gasteiger partial charge is 0.504 e. The van der Waals surface area contributed by atoms with Crippen molar-refractivity contribution in [1.82, 2.24) is 0 Å². The molecule has 1 N–H and O–H groups in total. The van der Waals surface area contributed by atoms with Crippen molar-refractivity contribution in [2.45, 2.75) is 47.1 Å². The van der Waals surface area contributed by atoms with Crippen molar-refractivity contribution < 1.29 is 24.1 Å². The van der Waals surface area contributed by atoms with Crippen molar-refractivity contribution in [2.75, 3.05) is 14.2 Å². The van der Waals surface area contributed by atoms with Crippen molar-refractivity contribution in [3.05, 3.63) is 47.1 Å². The quantitative estimate of drug-likeness (QED) is 0.395. The van der Waals surface area contributed by atoms with Crippen molar-refractivity contribution in [3.8, 4) is 17.2 Å². The first-order valence-electron chi connectivity index (χ1n) is 8.78. The normalized spacial score (nSPS) is 12.2. The summed E-state index contributed by atoms with van der Waals surface area (Å²) in [5, 5.41) is 10.7. The van der Waals surface area contributed by atoms with E-state index in [0.29, 0.717) is 40.2 Å². The van der Waals surface area contributed by atoms with Crippen LogP contribution in [0.2, 0.25) is 0 Å². The maximum Gasteiger partial charge on any atom is 0.333 e. The minimum Gasteiger partial charge on any atom is -0.504 e. The van der Waals surface area contributed by atoms with Crippen molar-refractivity contribution in [3.63, 3.8) is 0 Å². The van der Waals surface area contributed by atoms with E-state index in [9.17, 15) is 9.90 Å². The SMILES string of the molecule is C=C(c1cc(OC)c(C)c(OC)c1O)[C@H](CC=C(C)C)OC(=O)C(C)=CC. The highest BCUT2D eigenvalue weighted by Crippen LogP contribution is 2.43. The molecule has 5 nitrogen and oxygen atoms in total. The minimum absolute atomic E-state index is 0.0539. The van der Waals surface area contributed by atoms with E-state index < -0.39 is 12.1 Å². The lowest BCUT2D eigenvalue weighted by atomic mass is 9.96. The van der Waals surface area contributed by atoms with Crippen LogP contribution in [-0.4, -0.2) is 31.4 Å². The Morgan fingerprint density at radius 1 is 1.26 bits per heavy atom. The molecule has 0 radical (unpaired) electrons. The van der Waals surface area contributed by atoms with E-state index in [1.807, 2.05) is 19.9 Å². The highest BCUT2D eigenvalue weighted by Gasteiger charge is 2.25. The highest BCUT2D eigenvalue weighted by atomic mass is 16.5. The predicted octanol–water partition coefficient (Wildman–Crippen LogP) is 4.97. The monoisotopic (exact) mass is 374 g/mol. The maximum absolute atomic E-state index is 12.3. The Morgan fingerprint density at radius 3 is 2.37 bits per heavy atom. The number of allylic oxidation sites excluding steroid dienone is 2. The van der Waals surface area contributed by atoms with E-state index in [4.69, 9.17) is 14.2 Å². The number of hydrogen-bond acceptors (Lipinski definition) is 5. The van der Waals surface area contributed by atoms with Crippen LogP contribution in [0.5, 0.6) is 17.2 Å². The Morgan fingerprint density at radius 2 is 1.89 bits per heavy atom.